The van der Waals surface area contributed by atoms with Crippen LogP contribution in [0.1, 0.15) is 23.1 Å². The number of methoxy groups -OCH3 is 1. The summed E-state index contributed by atoms with van der Waals surface area (Å²) in [7, 11) is -3.55. The van der Waals surface area contributed by atoms with Crippen LogP contribution in [0.3, 0.4) is 0 Å². The number of hydrogen-bond donors (Lipinski definition) is 2. The van der Waals surface area contributed by atoms with Crippen molar-refractivity contribution < 1.29 is 40.5 Å². The summed E-state index contributed by atoms with van der Waals surface area (Å²) in [6.07, 6.45) is -3.38. The Balaban J connectivity index is 2.21. The summed E-state index contributed by atoms with van der Waals surface area (Å²) >= 11 is 0. The van der Waals surface area contributed by atoms with Crippen LogP contribution in [0.5, 0.6) is 11.5 Å². The molecule has 31 heavy (non-hydrogen) atoms. The molecule has 0 unspecified atom stereocenters. The first-order valence-corrected chi connectivity index (χ1v) is 10.1. The number of alkyl halides is 4. The first-order valence-electron chi connectivity index (χ1n) is 8.58. The van der Waals surface area contributed by atoms with Crippen LogP contribution in [0.4, 0.5) is 22.0 Å². The van der Waals surface area contributed by atoms with Crippen molar-refractivity contribution in [3.05, 3.63) is 52.8 Å². The molecule has 0 radical (unpaired) electrons. The van der Waals surface area contributed by atoms with Crippen molar-refractivity contribution in [1.29, 1.82) is 5.26 Å². The van der Waals surface area contributed by atoms with E-state index in [-0.39, 0.29) is 24.5 Å². The Kier molecular flexibility index (Phi) is 6.24. The van der Waals surface area contributed by atoms with E-state index < -0.39 is 55.6 Å². The summed E-state index contributed by atoms with van der Waals surface area (Å²) in [5, 5.41) is 4.60. The highest BCUT2D eigenvalue weighted by atomic mass is 32.3. The minimum atomic E-state index is -4.83. The van der Waals surface area contributed by atoms with Gasteiger partial charge in [-0.15, -0.1) is 10.6 Å². The van der Waals surface area contributed by atoms with Crippen molar-refractivity contribution >= 4 is 16.3 Å². The molecule has 6 nitrogen and oxygen atoms in total. The van der Waals surface area contributed by atoms with E-state index in [0.717, 1.165) is 30.3 Å². The van der Waals surface area contributed by atoms with Gasteiger partial charge in [-0.05, 0) is 24.3 Å². The fourth-order valence-electron chi connectivity index (χ4n) is 3.02. The molecule has 0 saturated heterocycles. The third kappa shape index (κ3) is 3.97. The van der Waals surface area contributed by atoms with Gasteiger partial charge in [-0.25, -0.2) is 13.2 Å². The van der Waals surface area contributed by atoms with Crippen molar-refractivity contribution in [2.24, 2.45) is 4.99 Å². The number of hydrogen-bond acceptors (Lipinski definition) is 6. The third-order valence-electron chi connectivity index (χ3n) is 4.36. The Morgan fingerprint density at radius 2 is 1.94 bits per heavy atom. The van der Waals surface area contributed by atoms with Gasteiger partial charge in [-0.1, -0.05) is 0 Å². The third-order valence-corrected chi connectivity index (χ3v) is 6.22. The van der Waals surface area contributed by atoms with Gasteiger partial charge in [0.15, 0.2) is 0 Å². The SMILES string of the molecule is COCC/N=C1\c2c(ccc(Oc3cc(F)cc(C#N)c3)c2C(F)F)S(O)(O)C1(F)F. The van der Waals surface area contributed by atoms with Gasteiger partial charge in [0.1, 0.15) is 23.0 Å². The van der Waals surface area contributed by atoms with E-state index in [1.54, 1.807) is 6.07 Å². The first kappa shape index (κ1) is 23.0. The molecule has 166 valence electrons. The lowest BCUT2D eigenvalue weighted by Gasteiger charge is -2.33. The van der Waals surface area contributed by atoms with E-state index in [1.807, 2.05) is 0 Å². The molecule has 2 N–H and O–H groups in total. The monoisotopic (exact) mass is 462 g/mol. The molecule has 2 aromatic rings. The zero-order valence-corrected chi connectivity index (χ0v) is 16.6. The standard InChI is InChI=1S/C19H15F5N2O4S/c1-29-5-4-26-17-16-14(31(27,28)19(17,23)24)3-2-13(15(16)18(21)22)30-12-7-10(9-25)6-11(20)8-12/h2-3,6-8,18,27-28H,4-5H2,1H3/b26-17+. The molecule has 1 aliphatic rings. The van der Waals surface area contributed by atoms with Gasteiger partial charge < -0.3 is 9.47 Å². The van der Waals surface area contributed by atoms with Crippen LogP contribution in [-0.2, 0) is 4.74 Å². The lowest BCUT2D eigenvalue weighted by molar-refractivity contribution is 0.146. The number of ether oxygens (including phenoxy) is 2. The van der Waals surface area contributed by atoms with Crippen molar-refractivity contribution in [3.8, 4) is 17.6 Å². The Hall–Kier alpha value is -2.72. The summed E-state index contributed by atoms with van der Waals surface area (Å²) in [6.45, 7) is -0.464. The summed E-state index contributed by atoms with van der Waals surface area (Å²) < 4.78 is 101. The molecule has 0 spiro atoms. The molecule has 0 bridgehead atoms. The predicted octanol–water partition coefficient (Wildman–Crippen LogP) is 5.58. The van der Waals surface area contributed by atoms with Crippen LogP contribution in [0, 0.1) is 17.1 Å². The highest BCUT2D eigenvalue weighted by Gasteiger charge is 2.60. The average Bonchev–Trinajstić information content (AvgIpc) is 2.84. The lowest BCUT2D eigenvalue weighted by Crippen LogP contribution is -2.29. The zero-order chi connectivity index (χ0) is 23.0. The van der Waals surface area contributed by atoms with E-state index in [0.29, 0.717) is 0 Å². The highest BCUT2D eigenvalue weighted by molar-refractivity contribution is 8.26. The molecule has 1 aliphatic heterocycles. The van der Waals surface area contributed by atoms with Crippen molar-refractivity contribution in [2.45, 2.75) is 16.6 Å². The molecule has 0 saturated carbocycles. The molecule has 1 heterocycles. The Bertz CT molecular complexity index is 1090. The number of aliphatic imine (C=N–C) groups is 1. The number of rotatable bonds is 6. The Morgan fingerprint density at radius 3 is 2.55 bits per heavy atom. The van der Waals surface area contributed by atoms with Crippen LogP contribution >= 0.6 is 10.6 Å². The van der Waals surface area contributed by atoms with Crippen molar-refractivity contribution in [2.75, 3.05) is 20.3 Å². The minimum absolute atomic E-state index is 0.117. The molecular formula is C19H15F5N2O4S. The molecular weight excluding hydrogens is 447 g/mol. The van der Waals surface area contributed by atoms with E-state index in [4.69, 9.17) is 14.7 Å². The second-order valence-corrected chi connectivity index (χ2v) is 8.38. The summed E-state index contributed by atoms with van der Waals surface area (Å²) in [5.74, 6) is -1.83. The van der Waals surface area contributed by atoms with Gasteiger partial charge in [-0.2, -0.15) is 14.0 Å². The van der Waals surface area contributed by atoms with Gasteiger partial charge >= 0.3 is 5.25 Å². The van der Waals surface area contributed by atoms with Crippen LogP contribution in [0.15, 0.2) is 40.2 Å². The van der Waals surface area contributed by atoms with Gasteiger partial charge in [0.2, 0.25) is 0 Å². The molecule has 0 fully saturated rings. The van der Waals surface area contributed by atoms with Crippen molar-refractivity contribution in [3.63, 3.8) is 0 Å². The second-order valence-electron chi connectivity index (χ2n) is 6.33. The van der Waals surface area contributed by atoms with Gasteiger partial charge in [-0.3, -0.25) is 14.1 Å². The Labute approximate surface area is 174 Å². The Morgan fingerprint density at radius 1 is 1.23 bits per heavy atom. The fraction of sp³-hybridized carbons (Fsp3) is 0.263. The number of nitriles is 1. The summed E-state index contributed by atoms with van der Waals surface area (Å²) in [5.41, 5.74) is -3.28. The van der Waals surface area contributed by atoms with Gasteiger partial charge in [0.25, 0.3) is 6.43 Å². The molecule has 12 heteroatoms. The van der Waals surface area contributed by atoms with E-state index in [1.165, 1.54) is 7.11 Å². The van der Waals surface area contributed by atoms with E-state index >= 15 is 0 Å². The number of halogens is 5. The van der Waals surface area contributed by atoms with E-state index in [2.05, 4.69) is 4.99 Å². The molecule has 0 amide bonds. The molecule has 3 rings (SSSR count). The number of nitrogens with zero attached hydrogens (tertiary/aromatic N) is 2. The first-order chi connectivity index (χ1) is 14.5. The molecule has 0 aromatic heterocycles. The molecule has 0 atom stereocenters. The van der Waals surface area contributed by atoms with Crippen LogP contribution in [-0.4, -0.2) is 40.3 Å². The highest BCUT2D eigenvalue weighted by Crippen LogP contribution is 2.69. The average molecular weight is 462 g/mol. The smallest absolute Gasteiger partial charge is 0.385 e. The molecule has 0 aliphatic carbocycles. The van der Waals surface area contributed by atoms with E-state index in [9.17, 15) is 31.1 Å². The number of fused-ring (bicyclic) bond motifs is 1. The fourth-order valence-corrected chi connectivity index (χ4v) is 4.48. The predicted molar refractivity (Wildman–Crippen MR) is 102 cm³/mol. The largest absolute Gasteiger partial charge is 0.457 e. The van der Waals surface area contributed by atoms with Crippen LogP contribution < -0.4 is 4.74 Å². The molecule has 2 aromatic carbocycles. The lowest BCUT2D eigenvalue weighted by atomic mass is 10.0. The van der Waals surface area contributed by atoms with Gasteiger partial charge in [0.05, 0.1) is 35.2 Å². The topological polar surface area (TPSA) is 95.1 Å². The quantitative estimate of drug-likeness (QED) is 0.432. The normalized spacial score (nSPS) is 18.6. The summed E-state index contributed by atoms with van der Waals surface area (Å²) in [4.78, 5) is 2.79. The maximum absolute atomic E-state index is 14.8. The summed E-state index contributed by atoms with van der Waals surface area (Å²) in [6, 6.07) is 6.12. The maximum Gasteiger partial charge on any atom is 0.385 e. The van der Waals surface area contributed by atoms with Crippen LogP contribution in [0.2, 0.25) is 0 Å². The van der Waals surface area contributed by atoms with Gasteiger partial charge in [0, 0.05) is 18.7 Å². The number of benzene rings is 2. The minimum Gasteiger partial charge on any atom is -0.457 e. The van der Waals surface area contributed by atoms with Crippen LogP contribution in [0.25, 0.3) is 0 Å². The zero-order valence-electron chi connectivity index (χ0n) is 15.8. The van der Waals surface area contributed by atoms with Crippen molar-refractivity contribution in [1.82, 2.24) is 0 Å². The second kappa shape index (κ2) is 8.43. The maximum atomic E-state index is 14.8.